The van der Waals surface area contributed by atoms with Gasteiger partial charge in [-0.2, -0.15) is 0 Å². The summed E-state index contributed by atoms with van der Waals surface area (Å²) in [6, 6.07) is 19.0. The van der Waals surface area contributed by atoms with Gasteiger partial charge in [0.25, 0.3) is 0 Å². The zero-order valence-electron chi connectivity index (χ0n) is 12.5. The van der Waals surface area contributed by atoms with Crippen molar-refractivity contribution in [2.45, 2.75) is 20.0 Å². The molecular formula is C17H19O4P. The largest absolute Gasteiger partial charge is 0.392 e. The van der Waals surface area contributed by atoms with E-state index in [9.17, 15) is 9.36 Å². The molecule has 0 saturated carbocycles. The van der Waals surface area contributed by atoms with Gasteiger partial charge < -0.3 is 4.52 Å². The van der Waals surface area contributed by atoms with Crippen LogP contribution in [0.5, 0.6) is 0 Å². The molecule has 0 aromatic heterocycles. The predicted molar refractivity (Wildman–Crippen MR) is 85.6 cm³/mol. The standard InChI is InChI=1S/C17H19O4P/c1-15(18)21-22(19,13-12-16-8-4-2-5-9-16)20-14-17-10-6-3-7-11-17/h2-11H,12-14H2,1H3. The summed E-state index contributed by atoms with van der Waals surface area (Å²) in [5.74, 6) is -0.593. The molecule has 0 aliphatic heterocycles. The Bertz CT molecular complexity index is 593. The minimum Gasteiger partial charge on any atom is -0.392 e. The highest BCUT2D eigenvalue weighted by molar-refractivity contribution is 7.54. The molecule has 4 nitrogen and oxygen atoms in total. The Hall–Kier alpha value is -1.90. The van der Waals surface area contributed by atoms with Crippen molar-refractivity contribution >= 4 is 13.6 Å². The Balaban J connectivity index is 2.00. The number of hydrogen-bond acceptors (Lipinski definition) is 4. The van der Waals surface area contributed by atoms with E-state index in [0.717, 1.165) is 11.1 Å². The predicted octanol–water partition coefficient (Wildman–Crippen LogP) is 4.20. The van der Waals surface area contributed by atoms with Gasteiger partial charge in [0.05, 0.1) is 12.8 Å². The van der Waals surface area contributed by atoms with Crippen LogP contribution < -0.4 is 0 Å². The average Bonchev–Trinajstić information content (AvgIpc) is 2.53. The third kappa shape index (κ3) is 5.47. The summed E-state index contributed by atoms with van der Waals surface area (Å²) in [6.07, 6.45) is 0.698. The van der Waals surface area contributed by atoms with Crippen molar-refractivity contribution in [2.24, 2.45) is 0 Å². The topological polar surface area (TPSA) is 52.6 Å². The minimum absolute atomic E-state index is 0.153. The van der Waals surface area contributed by atoms with Gasteiger partial charge >= 0.3 is 13.6 Å². The second-order valence-corrected chi connectivity index (χ2v) is 7.02. The molecule has 1 atom stereocenters. The first kappa shape index (κ1) is 16.5. The smallest absolute Gasteiger partial charge is 0.381 e. The summed E-state index contributed by atoms with van der Waals surface area (Å²) in [7, 11) is -3.46. The molecule has 5 heteroatoms. The van der Waals surface area contributed by atoms with Gasteiger partial charge in [0.1, 0.15) is 0 Å². The van der Waals surface area contributed by atoms with Crippen LogP contribution in [0, 0.1) is 0 Å². The fraction of sp³-hybridized carbons (Fsp3) is 0.235. The molecule has 22 heavy (non-hydrogen) atoms. The number of benzene rings is 2. The van der Waals surface area contributed by atoms with Crippen molar-refractivity contribution < 1.29 is 18.4 Å². The Kier molecular flexibility index (Phi) is 5.93. The molecular weight excluding hydrogens is 299 g/mol. The highest BCUT2D eigenvalue weighted by atomic mass is 31.2. The number of hydrogen-bond donors (Lipinski definition) is 0. The van der Waals surface area contributed by atoms with Crippen molar-refractivity contribution in [3.05, 3.63) is 71.8 Å². The van der Waals surface area contributed by atoms with E-state index in [2.05, 4.69) is 0 Å². The van der Waals surface area contributed by atoms with Crippen LogP contribution in [0.2, 0.25) is 0 Å². The maximum Gasteiger partial charge on any atom is 0.381 e. The van der Waals surface area contributed by atoms with E-state index < -0.39 is 13.6 Å². The maximum atomic E-state index is 12.7. The molecule has 0 N–H and O–H groups in total. The lowest BCUT2D eigenvalue weighted by atomic mass is 10.2. The first-order valence-electron chi connectivity index (χ1n) is 7.09. The van der Waals surface area contributed by atoms with Crippen LogP contribution in [0.3, 0.4) is 0 Å². The van der Waals surface area contributed by atoms with E-state index in [-0.39, 0.29) is 12.8 Å². The number of aryl methyl sites for hydroxylation is 1. The van der Waals surface area contributed by atoms with Gasteiger partial charge in [-0.15, -0.1) is 0 Å². The van der Waals surface area contributed by atoms with E-state index in [1.165, 1.54) is 6.92 Å². The Morgan fingerprint density at radius 1 is 0.955 bits per heavy atom. The van der Waals surface area contributed by atoms with Gasteiger partial charge in [0.15, 0.2) is 0 Å². The Morgan fingerprint density at radius 3 is 2.05 bits per heavy atom. The van der Waals surface area contributed by atoms with Crippen molar-refractivity contribution in [3.63, 3.8) is 0 Å². The van der Waals surface area contributed by atoms with Crippen LogP contribution in [-0.2, 0) is 31.4 Å². The fourth-order valence-electron chi connectivity index (χ4n) is 1.99. The summed E-state index contributed by atoms with van der Waals surface area (Å²) >= 11 is 0. The Labute approximate surface area is 130 Å². The van der Waals surface area contributed by atoms with Crippen molar-refractivity contribution in [1.29, 1.82) is 0 Å². The summed E-state index contributed by atoms with van der Waals surface area (Å²) < 4.78 is 23.1. The molecule has 2 aromatic rings. The molecule has 0 heterocycles. The molecule has 2 rings (SSSR count). The molecule has 1 unspecified atom stereocenters. The van der Waals surface area contributed by atoms with E-state index in [4.69, 9.17) is 9.05 Å². The van der Waals surface area contributed by atoms with Crippen LogP contribution in [0.1, 0.15) is 18.1 Å². The van der Waals surface area contributed by atoms with Gasteiger partial charge in [-0.25, -0.2) is 4.57 Å². The lowest BCUT2D eigenvalue weighted by Crippen LogP contribution is -2.06. The molecule has 0 aliphatic rings. The number of carbonyl (C=O) groups excluding carboxylic acids is 1. The second-order valence-electron chi connectivity index (χ2n) is 4.91. The van der Waals surface area contributed by atoms with Crippen molar-refractivity contribution in [2.75, 3.05) is 6.16 Å². The quantitative estimate of drug-likeness (QED) is 0.718. The maximum absolute atomic E-state index is 12.7. The average molecular weight is 318 g/mol. The summed E-state index contributed by atoms with van der Waals surface area (Å²) in [5.41, 5.74) is 1.91. The van der Waals surface area contributed by atoms with Crippen LogP contribution in [0.4, 0.5) is 0 Å². The lowest BCUT2D eigenvalue weighted by molar-refractivity contribution is -0.132. The lowest BCUT2D eigenvalue weighted by Gasteiger charge is -2.17. The van der Waals surface area contributed by atoms with Crippen LogP contribution in [0.15, 0.2) is 60.7 Å². The van der Waals surface area contributed by atoms with Crippen molar-refractivity contribution in [3.8, 4) is 0 Å². The molecule has 0 fully saturated rings. The Morgan fingerprint density at radius 2 is 1.50 bits per heavy atom. The zero-order chi connectivity index (χ0) is 15.8. The fourth-order valence-corrected chi connectivity index (χ4v) is 3.53. The third-order valence-electron chi connectivity index (χ3n) is 3.06. The SMILES string of the molecule is CC(=O)OP(=O)(CCc1ccccc1)OCc1ccccc1. The van der Waals surface area contributed by atoms with E-state index >= 15 is 0 Å². The highest BCUT2D eigenvalue weighted by Gasteiger charge is 2.27. The second kappa shape index (κ2) is 7.92. The van der Waals surface area contributed by atoms with Crippen LogP contribution >= 0.6 is 7.60 Å². The van der Waals surface area contributed by atoms with Gasteiger partial charge in [0.2, 0.25) is 0 Å². The van der Waals surface area contributed by atoms with Gasteiger partial charge in [-0.3, -0.25) is 9.32 Å². The molecule has 2 aromatic carbocycles. The number of rotatable bonds is 7. The van der Waals surface area contributed by atoms with E-state index in [0.29, 0.717) is 6.42 Å². The highest BCUT2D eigenvalue weighted by Crippen LogP contribution is 2.49. The third-order valence-corrected chi connectivity index (χ3v) is 4.88. The first-order chi connectivity index (χ1) is 10.6. The zero-order valence-corrected chi connectivity index (χ0v) is 13.4. The van der Waals surface area contributed by atoms with E-state index in [1.54, 1.807) is 0 Å². The normalized spacial score (nSPS) is 13.3. The van der Waals surface area contributed by atoms with E-state index in [1.807, 2.05) is 60.7 Å². The minimum atomic E-state index is -3.46. The summed E-state index contributed by atoms with van der Waals surface area (Å²) in [4.78, 5) is 11.2. The summed E-state index contributed by atoms with van der Waals surface area (Å²) in [5, 5.41) is 0. The molecule has 0 radical (unpaired) electrons. The van der Waals surface area contributed by atoms with Gasteiger partial charge in [-0.05, 0) is 17.5 Å². The molecule has 0 amide bonds. The summed E-state index contributed by atoms with van der Waals surface area (Å²) in [6.45, 7) is 1.39. The van der Waals surface area contributed by atoms with Gasteiger partial charge in [-0.1, -0.05) is 60.7 Å². The van der Waals surface area contributed by atoms with Gasteiger partial charge in [0, 0.05) is 6.92 Å². The molecule has 116 valence electrons. The number of carbonyl (C=O) groups is 1. The molecule has 0 saturated heterocycles. The monoisotopic (exact) mass is 318 g/mol. The van der Waals surface area contributed by atoms with Crippen LogP contribution in [0.25, 0.3) is 0 Å². The molecule has 0 aliphatic carbocycles. The molecule has 0 bridgehead atoms. The van der Waals surface area contributed by atoms with Crippen molar-refractivity contribution in [1.82, 2.24) is 0 Å². The molecule has 0 spiro atoms. The first-order valence-corrected chi connectivity index (χ1v) is 8.82. The van der Waals surface area contributed by atoms with Crippen LogP contribution in [-0.4, -0.2) is 12.1 Å².